The zero-order valence-electron chi connectivity index (χ0n) is 16.1. The van der Waals surface area contributed by atoms with Gasteiger partial charge in [0.15, 0.2) is 5.69 Å². The molecule has 0 aliphatic heterocycles. The number of nitrogens with zero attached hydrogens (tertiary/aromatic N) is 2. The second-order valence-electron chi connectivity index (χ2n) is 6.31. The molecule has 0 fully saturated rings. The summed E-state index contributed by atoms with van der Waals surface area (Å²) in [5.74, 6) is 0.374. The lowest BCUT2D eigenvalue weighted by Gasteiger charge is -2.08. The van der Waals surface area contributed by atoms with Crippen LogP contribution in [0.3, 0.4) is 0 Å². The molecule has 146 valence electrons. The van der Waals surface area contributed by atoms with Crippen molar-refractivity contribution in [2.45, 2.75) is 19.8 Å². The maximum atomic E-state index is 12.7. The highest BCUT2D eigenvalue weighted by Crippen LogP contribution is 2.17. The van der Waals surface area contributed by atoms with Crippen molar-refractivity contribution in [2.75, 3.05) is 20.2 Å². The van der Waals surface area contributed by atoms with Crippen LogP contribution < -0.4 is 15.4 Å². The van der Waals surface area contributed by atoms with Crippen LogP contribution in [-0.2, 0) is 6.42 Å². The Bertz CT molecular complexity index is 981. The Balaban J connectivity index is 1.75. The smallest absolute Gasteiger partial charge is 0.287 e. The van der Waals surface area contributed by atoms with E-state index in [2.05, 4.69) is 15.6 Å². The molecule has 2 heterocycles. The molecule has 2 aromatic heterocycles. The highest BCUT2D eigenvalue weighted by molar-refractivity contribution is 6.02. The molecule has 2 N–H and O–H groups in total. The summed E-state index contributed by atoms with van der Waals surface area (Å²) >= 11 is 0. The molecule has 2 amide bonds. The molecule has 0 saturated heterocycles. The van der Waals surface area contributed by atoms with Gasteiger partial charge >= 0.3 is 0 Å². The van der Waals surface area contributed by atoms with E-state index < -0.39 is 0 Å². The summed E-state index contributed by atoms with van der Waals surface area (Å²) in [6.45, 7) is 2.97. The normalized spacial score (nSPS) is 10.6. The van der Waals surface area contributed by atoms with E-state index in [0.29, 0.717) is 25.0 Å². The third kappa shape index (κ3) is 4.14. The third-order valence-electron chi connectivity index (χ3n) is 4.37. The third-order valence-corrected chi connectivity index (χ3v) is 4.37. The van der Waals surface area contributed by atoms with Gasteiger partial charge in [-0.05, 0) is 36.6 Å². The number of rotatable bonds is 8. The summed E-state index contributed by atoms with van der Waals surface area (Å²) in [6, 6.07) is 13.1. The Labute approximate surface area is 163 Å². The molecule has 0 unspecified atom stereocenters. The molecule has 0 bridgehead atoms. The van der Waals surface area contributed by atoms with E-state index in [9.17, 15) is 9.59 Å². The SMILES string of the molecule is CCCNC(=O)c1nc(C(=O)NCCc2ccccc2OC)n2ccccc12. The van der Waals surface area contributed by atoms with Gasteiger partial charge in [0.05, 0.1) is 12.6 Å². The first kappa shape index (κ1) is 19.4. The first-order valence-electron chi connectivity index (χ1n) is 9.31. The van der Waals surface area contributed by atoms with E-state index >= 15 is 0 Å². The van der Waals surface area contributed by atoms with Gasteiger partial charge in [-0.3, -0.25) is 14.0 Å². The predicted molar refractivity (Wildman–Crippen MR) is 107 cm³/mol. The van der Waals surface area contributed by atoms with Crippen LogP contribution in [0.15, 0.2) is 48.7 Å². The topological polar surface area (TPSA) is 84.7 Å². The first-order valence-corrected chi connectivity index (χ1v) is 9.31. The number of imidazole rings is 1. The van der Waals surface area contributed by atoms with Gasteiger partial charge in [0.25, 0.3) is 11.8 Å². The van der Waals surface area contributed by atoms with Gasteiger partial charge in [0.1, 0.15) is 5.75 Å². The Hall–Kier alpha value is -3.35. The number of carbonyl (C=O) groups excluding carboxylic acids is 2. The fourth-order valence-corrected chi connectivity index (χ4v) is 2.99. The number of hydrogen-bond donors (Lipinski definition) is 2. The van der Waals surface area contributed by atoms with E-state index in [4.69, 9.17) is 4.74 Å². The van der Waals surface area contributed by atoms with Crippen LogP contribution in [0.25, 0.3) is 5.52 Å². The van der Waals surface area contributed by atoms with Crippen molar-refractivity contribution >= 4 is 17.3 Å². The summed E-state index contributed by atoms with van der Waals surface area (Å²) in [5.41, 5.74) is 1.87. The molecule has 0 saturated carbocycles. The van der Waals surface area contributed by atoms with Gasteiger partial charge in [-0.15, -0.1) is 0 Å². The zero-order chi connectivity index (χ0) is 19.9. The summed E-state index contributed by atoms with van der Waals surface area (Å²) in [7, 11) is 1.62. The highest BCUT2D eigenvalue weighted by Gasteiger charge is 2.21. The van der Waals surface area contributed by atoms with Gasteiger partial charge in [0.2, 0.25) is 5.82 Å². The lowest BCUT2D eigenvalue weighted by molar-refractivity contribution is 0.0943. The molecule has 7 nitrogen and oxygen atoms in total. The van der Waals surface area contributed by atoms with E-state index in [-0.39, 0.29) is 23.3 Å². The molecule has 0 aliphatic carbocycles. The molecule has 28 heavy (non-hydrogen) atoms. The molecule has 0 radical (unpaired) electrons. The van der Waals surface area contributed by atoms with Gasteiger partial charge in [-0.25, -0.2) is 4.98 Å². The minimum Gasteiger partial charge on any atom is -0.496 e. The number of ether oxygens (including phenoxy) is 1. The van der Waals surface area contributed by atoms with Crippen molar-refractivity contribution in [1.82, 2.24) is 20.0 Å². The van der Waals surface area contributed by atoms with Gasteiger partial charge in [0, 0.05) is 19.3 Å². The van der Waals surface area contributed by atoms with E-state index in [0.717, 1.165) is 17.7 Å². The van der Waals surface area contributed by atoms with Crippen molar-refractivity contribution in [3.05, 3.63) is 65.7 Å². The van der Waals surface area contributed by atoms with Gasteiger partial charge in [-0.2, -0.15) is 0 Å². The Morgan fingerprint density at radius 1 is 1.04 bits per heavy atom. The maximum Gasteiger partial charge on any atom is 0.287 e. The molecule has 7 heteroatoms. The molecule has 3 aromatic rings. The Morgan fingerprint density at radius 2 is 1.79 bits per heavy atom. The van der Waals surface area contributed by atoms with Crippen LogP contribution in [0.5, 0.6) is 5.75 Å². The molecular formula is C21H24N4O3. The monoisotopic (exact) mass is 380 g/mol. The molecular weight excluding hydrogens is 356 g/mol. The zero-order valence-corrected chi connectivity index (χ0v) is 16.1. The number of methoxy groups -OCH3 is 1. The van der Waals surface area contributed by atoms with E-state index in [1.54, 1.807) is 29.8 Å². The minimum absolute atomic E-state index is 0.192. The second kappa shape index (κ2) is 9.03. The first-order chi connectivity index (χ1) is 13.7. The minimum atomic E-state index is -0.328. The number of para-hydroxylation sites is 1. The van der Waals surface area contributed by atoms with Crippen molar-refractivity contribution in [1.29, 1.82) is 0 Å². The molecule has 0 aliphatic rings. The van der Waals surface area contributed by atoms with Crippen molar-refractivity contribution in [3.8, 4) is 5.75 Å². The molecule has 3 rings (SSSR count). The van der Waals surface area contributed by atoms with Crippen molar-refractivity contribution < 1.29 is 14.3 Å². The number of fused-ring (bicyclic) bond motifs is 1. The van der Waals surface area contributed by atoms with Crippen LogP contribution in [-0.4, -0.2) is 41.4 Å². The average molecular weight is 380 g/mol. The molecule has 0 atom stereocenters. The number of amides is 2. The summed E-state index contributed by atoms with van der Waals surface area (Å²) in [6.07, 6.45) is 3.19. The fraction of sp³-hybridized carbons (Fsp3) is 0.286. The van der Waals surface area contributed by atoms with Crippen LogP contribution >= 0.6 is 0 Å². The second-order valence-corrected chi connectivity index (χ2v) is 6.31. The molecule has 1 aromatic carbocycles. The maximum absolute atomic E-state index is 12.7. The van der Waals surface area contributed by atoms with E-state index in [1.807, 2.05) is 37.3 Å². The van der Waals surface area contributed by atoms with Crippen LogP contribution in [0, 0.1) is 0 Å². The fourth-order valence-electron chi connectivity index (χ4n) is 2.99. The highest BCUT2D eigenvalue weighted by atomic mass is 16.5. The average Bonchev–Trinajstić information content (AvgIpc) is 3.12. The van der Waals surface area contributed by atoms with Crippen LogP contribution in [0.2, 0.25) is 0 Å². The number of benzene rings is 1. The van der Waals surface area contributed by atoms with Crippen molar-refractivity contribution in [3.63, 3.8) is 0 Å². The number of aromatic nitrogens is 2. The Kier molecular flexibility index (Phi) is 6.26. The Morgan fingerprint density at radius 3 is 2.57 bits per heavy atom. The van der Waals surface area contributed by atoms with Gasteiger partial charge < -0.3 is 15.4 Å². The quantitative estimate of drug-likeness (QED) is 0.629. The lowest BCUT2D eigenvalue weighted by atomic mass is 10.1. The van der Waals surface area contributed by atoms with Gasteiger partial charge in [-0.1, -0.05) is 31.2 Å². The lowest BCUT2D eigenvalue weighted by Crippen LogP contribution is -2.28. The van der Waals surface area contributed by atoms with Crippen LogP contribution in [0.4, 0.5) is 0 Å². The standard InChI is InChI=1S/C21H24N4O3/c1-3-12-22-20(26)18-16-9-6-7-14-25(16)19(24-18)21(27)23-13-11-15-8-4-5-10-17(15)28-2/h4-10,14H,3,11-13H2,1-2H3,(H,22,26)(H,23,27). The van der Waals surface area contributed by atoms with Crippen molar-refractivity contribution in [2.24, 2.45) is 0 Å². The molecule has 0 spiro atoms. The largest absolute Gasteiger partial charge is 0.496 e. The number of hydrogen-bond acceptors (Lipinski definition) is 4. The summed E-state index contributed by atoms with van der Waals surface area (Å²) < 4.78 is 6.97. The number of carbonyl (C=O) groups is 2. The predicted octanol–water partition coefficient (Wildman–Crippen LogP) is 2.46. The van der Waals surface area contributed by atoms with Crippen LogP contribution in [0.1, 0.15) is 40.0 Å². The summed E-state index contributed by atoms with van der Waals surface area (Å²) in [5, 5.41) is 5.69. The summed E-state index contributed by atoms with van der Waals surface area (Å²) in [4.78, 5) is 29.4. The number of nitrogens with one attached hydrogen (secondary N) is 2. The van der Waals surface area contributed by atoms with E-state index in [1.165, 1.54) is 0 Å². The number of pyridine rings is 1.